The maximum Gasteiger partial charge on any atom is 0.248 e. The minimum Gasteiger partial charge on any atom is -0.369 e. The molecule has 464 valence electrons. The van der Waals surface area contributed by atoms with E-state index in [0.717, 1.165) is 45.0 Å². The number of benzene rings is 2. The lowest BCUT2D eigenvalue weighted by Crippen LogP contribution is -2.30. The van der Waals surface area contributed by atoms with Crippen LogP contribution in [0.25, 0.3) is 66.4 Å². The Morgan fingerprint density at radius 3 is 1.20 bits per heavy atom. The maximum atomic E-state index is 14.5. The molecule has 0 amide bonds. The summed E-state index contributed by atoms with van der Waals surface area (Å²) < 4.78 is 119. The van der Waals surface area contributed by atoms with Crippen LogP contribution in [0.5, 0.6) is 0 Å². The van der Waals surface area contributed by atoms with Gasteiger partial charge in [0.25, 0.3) is 0 Å². The van der Waals surface area contributed by atoms with Crippen LogP contribution < -0.4 is 10.6 Å². The third kappa shape index (κ3) is 12.1. The van der Waals surface area contributed by atoms with Crippen molar-refractivity contribution in [1.29, 1.82) is 0 Å². The number of rotatable bonds is 16. The molecule has 2 N–H and O–H groups in total. The molecule has 0 saturated heterocycles. The topological polar surface area (TPSA) is 215 Å². The molecule has 0 aliphatic heterocycles. The van der Waals surface area contributed by atoms with Gasteiger partial charge in [-0.2, -0.15) is 0 Å². The highest BCUT2D eigenvalue weighted by atomic mass is 32.2. The van der Waals surface area contributed by atoms with Crippen LogP contribution >= 0.6 is 0 Å². The van der Waals surface area contributed by atoms with Gasteiger partial charge in [-0.1, -0.05) is 98.8 Å². The highest BCUT2D eigenvalue weighted by Crippen LogP contribution is 2.50. The van der Waals surface area contributed by atoms with Crippen molar-refractivity contribution in [3.05, 3.63) is 120 Å². The SMILES string of the molecule is Cc1nnn(C)c1-c1cnc2c3c(NCC(C)C)ncc(S(C)(=O)=O)c3n(C(c3ccccc3)C3CCC(F)(F)CC3)c2c1.Cc1nnn(C)c1-c1cnc2c3c(NCC(C)C)ncc(S(C)(=O)=O)c3n(C(c3ccccc3)C3CCC(F)(F)CC3)c2c1. The molecule has 0 spiro atoms. The highest BCUT2D eigenvalue weighted by Gasteiger charge is 2.42. The molecule has 2 fully saturated rings. The van der Waals surface area contributed by atoms with Gasteiger partial charge in [0.05, 0.1) is 91.1 Å². The van der Waals surface area contributed by atoms with E-state index in [1.54, 1.807) is 21.8 Å². The Bertz CT molecular complexity index is 4130. The summed E-state index contributed by atoms with van der Waals surface area (Å²) in [7, 11) is -3.91. The van der Waals surface area contributed by atoms with Gasteiger partial charge in [0.1, 0.15) is 21.4 Å². The molecule has 24 heteroatoms. The van der Waals surface area contributed by atoms with Gasteiger partial charge in [-0.05, 0) is 86.5 Å². The van der Waals surface area contributed by atoms with Crippen molar-refractivity contribution in [1.82, 2.24) is 59.1 Å². The Morgan fingerprint density at radius 2 is 0.898 bits per heavy atom. The standard InChI is InChI=1S/2C32H37F2N7O2S/c2*1-19(2)16-36-31-26-27-24(15-23(17-35-27)28-20(3)38-39-40(28)4)41(30(26)25(18-37-31)44(5,42)43)29(21-9-7-6-8-10-21)22-11-13-32(33,34)14-12-22/h2*6-10,15,17-19,22,29H,11-14,16H2,1-5H3,(H,36,37). The van der Waals surface area contributed by atoms with Crippen LogP contribution in [0.4, 0.5) is 29.2 Å². The molecule has 2 unspecified atom stereocenters. The van der Waals surface area contributed by atoms with E-state index in [1.165, 1.54) is 24.9 Å². The van der Waals surface area contributed by atoms with Crippen molar-refractivity contribution in [3.8, 4) is 22.5 Å². The number of pyridine rings is 4. The molecule has 88 heavy (non-hydrogen) atoms. The molecule has 2 saturated carbocycles. The minimum atomic E-state index is -3.76. The second kappa shape index (κ2) is 23.9. The first kappa shape index (κ1) is 61.8. The zero-order chi connectivity index (χ0) is 62.8. The number of nitrogens with zero attached hydrogens (tertiary/aromatic N) is 12. The third-order valence-corrected chi connectivity index (χ3v) is 19.4. The molecule has 12 rings (SSSR count). The van der Waals surface area contributed by atoms with Crippen molar-refractivity contribution in [2.45, 2.75) is 127 Å². The highest BCUT2D eigenvalue weighted by molar-refractivity contribution is 7.91. The van der Waals surface area contributed by atoms with E-state index in [9.17, 15) is 34.4 Å². The van der Waals surface area contributed by atoms with E-state index in [-0.39, 0.29) is 47.3 Å². The Balaban J connectivity index is 0.000000182. The molecule has 0 bridgehead atoms. The van der Waals surface area contributed by atoms with E-state index < -0.39 is 43.6 Å². The summed E-state index contributed by atoms with van der Waals surface area (Å²) in [5.74, 6) is -4.11. The van der Waals surface area contributed by atoms with Crippen LogP contribution in [-0.4, -0.2) is 113 Å². The number of fused-ring (bicyclic) bond motifs is 6. The minimum absolute atomic E-state index is 0.0718. The van der Waals surface area contributed by atoms with Crippen LogP contribution in [0, 0.1) is 37.5 Å². The number of nitrogens with one attached hydrogen (secondary N) is 2. The smallest absolute Gasteiger partial charge is 0.248 e. The fraction of sp³-hybridized carbons (Fsp3) is 0.438. The van der Waals surface area contributed by atoms with Crippen molar-refractivity contribution in [2.24, 2.45) is 37.8 Å². The van der Waals surface area contributed by atoms with E-state index in [2.05, 4.69) is 68.9 Å². The molecule has 2 aliphatic rings. The first-order valence-corrected chi connectivity index (χ1v) is 33.6. The predicted molar refractivity (Wildman–Crippen MR) is 335 cm³/mol. The fourth-order valence-corrected chi connectivity index (χ4v) is 14.7. The summed E-state index contributed by atoms with van der Waals surface area (Å²) in [6.45, 7) is 13.3. The molecule has 18 nitrogen and oxygen atoms in total. The number of sulfone groups is 2. The van der Waals surface area contributed by atoms with Crippen molar-refractivity contribution in [2.75, 3.05) is 36.2 Å². The monoisotopic (exact) mass is 1240 g/mol. The lowest BCUT2D eigenvalue weighted by molar-refractivity contribution is -0.0498. The molecule has 2 aliphatic carbocycles. The van der Waals surface area contributed by atoms with Crippen molar-refractivity contribution < 1.29 is 34.4 Å². The number of anilines is 2. The summed E-state index contributed by atoms with van der Waals surface area (Å²) in [6.07, 6.45) is 8.96. The molecule has 0 radical (unpaired) electrons. The molecule has 8 heterocycles. The van der Waals surface area contributed by atoms with E-state index >= 15 is 0 Å². The summed E-state index contributed by atoms with van der Waals surface area (Å²) >= 11 is 0. The van der Waals surface area contributed by atoms with Gasteiger partial charge in [-0.15, -0.1) is 10.2 Å². The van der Waals surface area contributed by atoms with Crippen molar-refractivity contribution in [3.63, 3.8) is 0 Å². The molecule has 2 aromatic carbocycles. The Labute approximate surface area is 509 Å². The lowest BCUT2D eigenvalue weighted by Gasteiger charge is -2.36. The molecule has 8 aromatic heterocycles. The largest absolute Gasteiger partial charge is 0.369 e. The number of hydrogen-bond donors (Lipinski definition) is 2. The average molecular weight is 1240 g/mol. The first-order valence-electron chi connectivity index (χ1n) is 29.8. The second-order valence-electron chi connectivity index (χ2n) is 24.8. The van der Waals surface area contributed by atoms with Gasteiger partial charge in [0.15, 0.2) is 19.7 Å². The van der Waals surface area contributed by atoms with Crippen LogP contribution in [0.1, 0.15) is 114 Å². The number of alkyl halides is 4. The van der Waals surface area contributed by atoms with Crippen LogP contribution in [0.2, 0.25) is 0 Å². The lowest BCUT2D eigenvalue weighted by atomic mass is 9.79. The third-order valence-electron chi connectivity index (χ3n) is 17.2. The van der Waals surface area contributed by atoms with Gasteiger partial charge >= 0.3 is 0 Å². The summed E-state index contributed by atoms with van der Waals surface area (Å²) in [5.41, 5.74) is 9.86. The number of aryl methyl sites for hydroxylation is 4. The van der Waals surface area contributed by atoms with E-state index in [0.29, 0.717) is 106 Å². The van der Waals surface area contributed by atoms with Gasteiger partial charge in [0.2, 0.25) is 11.8 Å². The molecular formula is C64H74F4N14O4S2. The zero-order valence-electron chi connectivity index (χ0n) is 51.1. The fourth-order valence-electron chi connectivity index (χ4n) is 13.1. The predicted octanol–water partition coefficient (Wildman–Crippen LogP) is 13.1. The maximum absolute atomic E-state index is 14.5. The average Bonchev–Trinajstić information content (AvgIpc) is 1.66. The van der Waals surface area contributed by atoms with Crippen LogP contribution in [-0.2, 0) is 33.8 Å². The van der Waals surface area contributed by atoms with Crippen molar-refractivity contribution >= 4 is 75.2 Å². The zero-order valence-corrected chi connectivity index (χ0v) is 52.7. The van der Waals surface area contributed by atoms with E-state index in [1.807, 2.05) is 110 Å². The Morgan fingerprint density at radius 1 is 0.545 bits per heavy atom. The summed E-state index contributed by atoms with van der Waals surface area (Å²) in [4.78, 5) is 19.2. The summed E-state index contributed by atoms with van der Waals surface area (Å²) in [6, 6.07) is 22.6. The quantitative estimate of drug-likeness (QED) is 0.0861. The molecular weight excluding hydrogens is 1170 g/mol. The van der Waals surface area contributed by atoms with Gasteiger partial charge < -0.3 is 19.8 Å². The van der Waals surface area contributed by atoms with Gasteiger partial charge in [-0.3, -0.25) is 9.97 Å². The Hall–Kier alpha value is -7.86. The van der Waals surface area contributed by atoms with Crippen LogP contribution in [0.3, 0.4) is 0 Å². The summed E-state index contributed by atoms with van der Waals surface area (Å²) in [5, 5.41) is 24.8. The van der Waals surface area contributed by atoms with E-state index in [4.69, 9.17) is 9.97 Å². The van der Waals surface area contributed by atoms with Gasteiger partial charge in [-0.25, -0.2) is 53.7 Å². The number of halogens is 4. The molecule has 10 aromatic rings. The van der Waals surface area contributed by atoms with Gasteiger partial charge in [0, 0.05) is 88.9 Å². The normalized spacial score (nSPS) is 16.6. The second-order valence-corrected chi connectivity index (χ2v) is 28.8. The molecule has 2 atom stereocenters. The van der Waals surface area contributed by atoms with Crippen LogP contribution in [0.15, 0.2) is 107 Å². The Kier molecular flexibility index (Phi) is 16.8. The number of aromatic nitrogens is 12. The first-order chi connectivity index (χ1) is 41.7. The number of hydrogen-bond acceptors (Lipinski definition) is 14.